The molecule has 30 heavy (non-hydrogen) atoms. The number of carbonyl (C=O) groups excluding carboxylic acids is 2. The average molecular weight is 421 g/mol. The van der Waals surface area contributed by atoms with E-state index in [9.17, 15) is 9.59 Å². The molecule has 0 saturated heterocycles. The van der Waals surface area contributed by atoms with Gasteiger partial charge >= 0.3 is 0 Å². The van der Waals surface area contributed by atoms with E-state index in [1.165, 1.54) is 0 Å². The van der Waals surface area contributed by atoms with Crippen LogP contribution in [0.4, 0.5) is 0 Å². The summed E-state index contributed by atoms with van der Waals surface area (Å²) >= 11 is 1.64. The van der Waals surface area contributed by atoms with Crippen LogP contribution in [0.5, 0.6) is 0 Å². The van der Waals surface area contributed by atoms with Gasteiger partial charge in [-0.25, -0.2) is 0 Å². The van der Waals surface area contributed by atoms with Crippen LogP contribution in [0.3, 0.4) is 0 Å². The van der Waals surface area contributed by atoms with Crippen LogP contribution < -0.4 is 0 Å². The molecule has 2 amide bonds. The lowest BCUT2D eigenvalue weighted by atomic mass is 10.1. The molecule has 0 bridgehead atoms. The van der Waals surface area contributed by atoms with Gasteiger partial charge in [-0.1, -0.05) is 73.7 Å². The maximum absolute atomic E-state index is 13.3. The van der Waals surface area contributed by atoms with Gasteiger partial charge in [0.2, 0.25) is 11.8 Å². The third-order valence-corrected chi connectivity index (χ3v) is 5.73. The minimum Gasteiger partial charge on any atom is -0.333 e. The highest BCUT2D eigenvalue weighted by Gasteiger charge is 2.21. The molecule has 0 unspecified atom stereocenters. The number of hydrogen-bond donors (Lipinski definition) is 0. The second-order valence-electron chi connectivity index (χ2n) is 7.29. The monoisotopic (exact) mass is 420 g/mol. The van der Waals surface area contributed by atoms with E-state index in [1.54, 1.807) is 16.2 Å². The van der Waals surface area contributed by atoms with Gasteiger partial charge in [0.05, 0.1) is 19.5 Å². The Kier molecular flexibility index (Phi) is 8.21. The van der Waals surface area contributed by atoms with Crippen LogP contribution in [0.1, 0.15) is 29.3 Å². The predicted octanol–water partition coefficient (Wildman–Crippen LogP) is 4.76. The van der Waals surface area contributed by atoms with Gasteiger partial charge in [-0.05, 0) is 29.0 Å². The molecule has 0 radical (unpaired) electrons. The molecule has 0 aliphatic heterocycles. The van der Waals surface area contributed by atoms with Crippen LogP contribution >= 0.6 is 11.3 Å². The van der Waals surface area contributed by atoms with Gasteiger partial charge in [0, 0.05) is 18.0 Å². The van der Waals surface area contributed by atoms with Gasteiger partial charge in [-0.2, -0.15) is 0 Å². The Morgan fingerprint density at radius 1 is 0.767 bits per heavy atom. The van der Waals surface area contributed by atoms with Crippen LogP contribution in [-0.4, -0.2) is 34.7 Å². The summed E-state index contributed by atoms with van der Waals surface area (Å²) in [4.78, 5) is 30.8. The van der Waals surface area contributed by atoms with Gasteiger partial charge < -0.3 is 9.80 Å². The van der Waals surface area contributed by atoms with Gasteiger partial charge in [0.15, 0.2) is 0 Å². The minimum atomic E-state index is -0.0258. The van der Waals surface area contributed by atoms with Crippen molar-refractivity contribution in [1.29, 1.82) is 0 Å². The van der Waals surface area contributed by atoms with Gasteiger partial charge in [0.1, 0.15) is 0 Å². The largest absolute Gasteiger partial charge is 0.333 e. The molecule has 0 saturated carbocycles. The molecule has 3 aromatic rings. The van der Waals surface area contributed by atoms with Crippen LogP contribution in [-0.2, 0) is 29.1 Å². The summed E-state index contributed by atoms with van der Waals surface area (Å²) in [5.74, 6) is -0.0331. The zero-order valence-electron chi connectivity index (χ0n) is 17.4. The van der Waals surface area contributed by atoms with Crippen molar-refractivity contribution >= 4 is 23.2 Å². The molecule has 5 heteroatoms. The number of nitrogens with zero attached hydrogens (tertiary/aromatic N) is 2. The Bertz CT molecular complexity index is 911. The van der Waals surface area contributed by atoms with Crippen LogP contribution in [0.15, 0.2) is 78.2 Å². The molecule has 0 aliphatic carbocycles. The summed E-state index contributed by atoms with van der Waals surface area (Å²) in [5, 5.41) is 2.02. The van der Waals surface area contributed by atoms with Crippen molar-refractivity contribution in [2.24, 2.45) is 0 Å². The normalized spacial score (nSPS) is 10.6. The van der Waals surface area contributed by atoms with E-state index in [0.29, 0.717) is 26.1 Å². The molecule has 2 aromatic carbocycles. The summed E-state index contributed by atoms with van der Waals surface area (Å²) in [6.45, 7) is 3.80. The van der Waals surface area contributed by atoms with Crippen LogP contribution in [0, 0.1) is 0 Å². The van der Waals surface area contributed by atoms with Crippen molar-refractivity contribution in [1.82, 2.24) is 9.80 Å². The third-order valence-electron chi connectivity index (χ3n) is 4.87. The zero-order chi connectivity index (χ0) is 21.2. The van der Waals surface area contributed by atoms with E-state index >= 15 is 0 Å². The lowest BCUT2D eigenvalue weighted by Crippen LogP contribution is -2.43. The van der Waals surface area contributed by atoms with E-state index < -0.39 is 0 Å². The van der Waals surface area contributed by atoms with Gasteiger partial charge in [0.25, 0.3) is 0 Å². The van der Waals surface area contributed by atoms with Gasteiger partial charge in [-0.3, -0.25) is 9.59 Å². The SMILES string of the molecule is CCCN(CC(=O)N(Cc1ccccc1)Cc1cccs1)C(=O)Cc1ccccc1. The maximum Gasteiger partial charge on any atom is 0.242 e. The topological polar surface area (TPSA) is 40.6 Å². The molecule has 1 aromatic heterocycles. The second kappa shape index (κ2) is 11.3. The van der Waals surface area contributed by atoms with Crippen molar-refractivity contribution in [2.75, 3.05) is 13.1 Å². The number of thiophene rings is 1. The number of benzene rings is 2. The fourth-order valence-corrected chi connectivity index (χ4v) is 4.05. The summed E-state index contributed by atoms with van der Waals surface area (Å²) in [6, 6.07) is 23.7. The lowest BCUT2D eigenvalue weighted by Gasteiger charge is -2.27. The molecule has 4 nitrogen and oxygen atoms in total. The molecule has 0 fully saturated rings. The first kappa shape index (κ1) is 21.8. The molecule has 0 N–H and O–H groups in total. The van der Waals surface area contributed by atoms with E-state index in [-0.39, 0.29) is 18.4 Å². The highest BCUT2D eigenvalue weighted by molar-refractivity contribution is 7.09. The van der Waals surface area contributed by atoms with E-state index in [2.05, 4.69) is 0 Å². The maximum atomic E-state index is 13.3. The zero-order valence-corrected chi connectivity index (χ0v) is 18.2. The third kappa shape index (κ3) is 6.56. The summed E-state index contributed by atoms with van der Waals surface area (Å²) in [7, 11) is 0. The van der Waals surface area contributed by atoms with Crippen molar-refractivity contribution < 1.29 is 9.59 Å². The highest BCUT2D eigenvalue weighted by Crippen LogP contribution is 2.15. The number of hydrogen-bond acceptors (Lipinski definition) is 3. The summed E-state index contributed by atoms with van der Waals surface area (Å²) in [6.07, 6.45) is 1.13. The van der Waals surface area contributed by atoms with Gasteiger partial charge in [-0.15, -0.1) is 11.3 Å². The molecule has 0 atom stereocenters. The fraction of sp³-hybridized carbons (Fsp3) is 0.280. The lowest BCUT2D eigenvalue weighted by molar-refractivity contribution is -0.141. The number of carbonyl (C=O) groups is 2. The van der Waals surface area contributed by atoms with E-state index in [4.69, 9.17) is 0 Å². The Hall–Kier alpha value is -2.92. The number of amides is 2. The quantitative estimate of drug-likeness (QED) is 0.475. The highest BCUT2D eigenvalue weighted by atomic mass is 32.1. The Labute approximate surface area is 182 Å². The molecule has 0 spiro atoms. The minimum absolute atomic E-state index is 0.00724. The average Bonchev–Trinajstić information content (AvgIpc) is 3.27. The molecule has 1 heterocycles. The Morgan fingerprint density at radius 3 is 2.03 bits per heavy atom. The number of rotatable bonds is 10. The van der Waals surface area contributed by atoms with E-state index in [0.717, 1.165) is 22.4 Å². The summed E-state index contributed by atoms with van der Waals surface area (Å²) < 4.78 is 0. The van der Waals surface area contributed by atoms with Crippen LogP contribution in [0.25, 0.3) is 0 Å². The van der Waals surface area contributed by atoms with E-state index in [1.807, 2.05) is 90.0 Å². The Balaban J connectivity index is 1.71. The molecular formula is C25H28N2O2S. The standard InChI is InChI=1S/C25H28N2O2S/c1-2-15-26(24(28)17-21-10-5-3-6-11-21)20-25(29)27(19-23-14-9-16-30-23)18-22-12-7-4-8-13-22/h3-14,16H,2,15,17-20H2,1H3. The first-order valence-corrected chi connectivity index (χ1v) is 11.2. The predicted molar refractivity (Wildman–Crippen MR) is 122 cm³/mol. The summed E-state index contributed by atoms with van der Waals surface area (Å²) in [5.41, 5.74) is 2.05. The van der Waals surface area contributed by atoms with Crippen molar-refractivity contribution in [3.8, 4) is 0 Å². The Morgan fingerprint density at radius 2 is 1.43 bits per heavy atom. The second-order valence-corrected chi connectivity index (χ2v) is 8.32. The fourth-order valence-electron chi connectivity index (χ4n) is 3.33. The molecule has 0 aliphatic rings. The first-order chi connectivity index (χ1) is 14.7. The first-order valence-electron chi connectivity index (χ1n) is 10.3. The van der Waals surface area contributed by atoms with Crippen LogP contribution in [0.2, 0.25) is 0 Å². The van der Waals surface area contributed by atoms with Crippen molar-refractivity contribution in [3.05, 3.63) is 94.2 Å². The molecule has 156 valence electrons. The molecular weight excluding hydrogens is 392 g/mol. The smallest absolute Gasteiger partial charge is 0.242 e. The van der Waals surface area contributed by atoms with Crippen molar-refractivity contribution in [3.63, 3.8) is 0 Å². The van der Waals surface area contributed by atoms with Crippen molar-refractivity contribution in [2.45, 2.75) is 32.9 Å². The molecule has 3 rings (SSSR count).